The van der Waals surface area contributed by atoms with Gasteiger partial charge in [0.2, 0.25) is 0 Å². The summed E-state index contributed by atoms with van der Waals surface area (Å²) in [6.07, 6.45) is 7.13. The fourth-order valence-electron chi connectivity index (χ4n) is 2.88. The molecule has 1 aromatic heterocycles. The van der Waals surface area contributed by atoms with Crippen molar-refractivity contribution >= 4 is 0 Å². The van der Waals surface area contributed by atoms with E-state index in [-0.39, 0.29) is 0 Å². The van der Waals surface area contributed by atoms with Crippen LogP contribution in [0, 0.1) is 11.8 Å². The van der Waals surface area contributed by atoms with E-state index < -0.39 is 0 Å². The first-order valence-electron chi connectivity index (χ1n) is 7.57. The zero-order valence-electron chi connectivity index (χ0n) is 12.2. The van der Waals surface area contributed by atoms with Crippen LogP contribution in [0.2, 0.25) is 0 Å². The van der Waals surface area contributed by atoms with Gasteiger partial charge in [-0.2, -0.15) is 0 Å². The number of nitrogens with zero attached hydrogens (tertiary/aromatic N) is 2. The van der Waals surface area contributed by atoms with Gasteiger partial charge in [-0.1, -0.05) is 48.2 Å². The Bertz CT molecular complexity index is 610. The summed E-state index contributed by atoms with van der Waals surface area (Å²) in [5, 5.41) is 0. The Kier molecular flexibility index (Phi) is 4.66. The fourth-order valence-corrected chi connectivity index (χ4v) is 2.88. The lowest BCUT2D eigenvalue weighted by atomic mass is 10.1. The van der Waals surface area contributed by atoms with Crippen LogP contribution >= 0.6 is 0 Å². The molecule has 1 saturated heterocycles. The summed E-state index contributed by atoms with van der Waals surface area (Å²) in [7, 11) is 0. The van der Waals surface area contributed by atoms with Crippen LogP contribution in [0.5, 0.6) is 0 Å². The Morgan fingerprint density at radius 1 is 1.10 bits per heavy atom. The van der Waals surface area contributed by atoms with Crippen LogP contribution in [0.25, 0.3) is 0 Å². The predicted molar refractivity (Wildman–Crippen MR) is 85.7 cm³/mol. The Hall–Kier alpha value is -2.11. The molecule has 106 valence electrons. The molecule has 1 unspecified atom stereocenters. The fraction of sp³-hybridized carbons (Fsp3) is 0.316. The average molecular weight is 276 g/mol. The van der Waals surface area contributed by atoms with Crippen LogP contribution in [0.3, 0.4) is 0 Å². The molecular weight excluding hydrogens is 256 g/mol. The molecule has 0 aliphatic carbocycles. The second-order valence-electron chi connectivity index (χ2n) is 5.43. The lowest BCUT2D eigenvalue weighted by Crippen LogP contribution is -2.23. The number of rotatable bonds is 3. The Morgan fingerprint density at radius 3 is 2.81 bits per heavy atom. The molecule has 1 fully saturated rings. The van der Waals surface area contributed by atoms with Crippen molar-refractivity contribution in [3.8, 4) is 11.8 Å². The summed E-state index contributed by atoms with van der Waals surface area (Å²) < 4.78 is 0. The van der Waals surface area contributed by atoms with E-state index in [0.717, 1.165) is 19.5 Å². The number of benzene rings is 1. The second kappa shape index (κ2) is 7.06. The summed E-state index contributed by atoms with van der Waals surface area (Å²) in [6, 6.07) is 15.1. The van der Waals surface area contributed by atoms with Crippen molar-refractivity contribution in [2.24, 2.45) is 0 Å². The minimum absolute atomic E-state index is 0.490. The van der Waals surface area contributed by atoms with Gasteiger partial charge < -0.3 is 0 Å². The molecule has 1 aromatic carbocycles. The topological polar surface area (TPSA) is 16.1 Å². The summed E-state index contributed by atoms with van der Waals surface area (Å²) in [6.45, 7) is 1.99. The van der Waals surface area contributed by atoms with Crippen molar-refractivity contribution in [2.75, 3.05) is 13.1 Å². The zero-order valence-corrected chi connectivity index (χ0v) is 12.2. The third-order valence-electron chi connectivity index (χ3n) is 3.98. The maximum atomic E-state index is 4.24. The molecule has 2 aromatic rings. The molecule has 0 spiro atoms. The molecule has 1 aliphatic heterocycles. The molecule has 0 N–H and O–H groups in total. The standard InChI is InChI=1S/C19H20N2/c1-2-8-17(9-3-1)10-4-5-14-21-15-7-12-19(21)18-11-6-13-20-16-18/h1-3,6,8-9,11,13,16,19H,7,10,12,14-15H2. The van der Waals surface area contributed by atoms with Gasteiger partial charge in [0.05, 0.1) is 6.54 Å². The first-order chi connectivity index (χ1) is 10.4. The van der Waals surface area contributed by atoms with E-state index in [0.29, 0.717) is 6.04 Å². The van der Waals surface area contributed by atoms with Gasteiger partial charge in [-0.05, 0) is 36.6 Å². The minimum atomic E-state index is 0.490. The van der Waals surface area contributed by atoms with Crippen molar-refractivity contribution in [1.29, 1.82) is 0 Å². The SMILES string of the molecule is C(#CCN1CCCC1c1cccnc1)Cc1ccccc1. The molecule has 0 saturated carbocycles. The Morgan fingerprint density at radius 2 is 2.00 bits per heavy atom. The third kappa shape index (κ3) is 3.71. The lowest BCUT2D eigenvalue weighted by Gasteiger charge is -2.22. The molecule has 2 heterocycles. The Balaban J connectivity index is 1.58. The largest absolute Gasteiger partial charge is 0.285 e. The molecule has 1 aliphatic rings. The maximum Gasteiger partial charge on any atom is 0.0606 e. The highest BCUT2D eigenvalue weighted by molar-refractivity contribution is 5.21. The van der Waals surface area contributed by atoms with E-state index in [1.807, 2.05) is 24.5 Å². The molecule has 3 rings (SSSR count). The van der Waals surface area contributed by atoms with Crippen LogP contribution in [0.4, 0.5) is 0 Å². The van der Waals surface area contributed by atoms with E-state index in [1.54, 1.807) is 0 Å². The van der Waals surface area contributed by atoms with Gasteiger partial charge in [-0.15, -0.1) is 0 Å². The van der Waals surface area contributed by atoms with Gasteiger partial charge in [-0.25, -0.2) is 0 Å². The Labute approximate surface area is 126 Å². The highest BCUT2D eigenvalue weighted by Gasteiger charge is 2.24. The van der Waals surface area contributed by atoms with Crippen LogP contribution in [-0.4, -0.2) is 23.0 Å². The molecule has 0 amide bonds. The number of hydrogen-bond donors (Lipinski definition) is 0. The van der Waals surface area contributed by atoms with Crippen molar-refractivity contribution in [2.45, 2.75) is 25.3 Å². The van der Waals surface area contributed by atoms with Crippen LogP contribution < -0.4 is 0 Å². The number of pyridine rings is 1. The van der Waals surface area contributed by atoms with Gasteiger partial charge in [0.1, 0.15) is 0 Å². The second-order valence-corrected chi connectivity index (χ2v) is 5.43. The quantitative estimate of drug-likeness (QED) is 0.798. The van der Waals surface area contributed by atoms with Crippen molar-refractivity contribution in [3.63, 3.8) is 0 Å². The summed E-state index contributed by atoms with van der Waals surface area (Å²) in [5.74, 6) is 6.62. The molecular formula is C19H20N2. The van der Waals surface area contributed by atoms with Crippen LogP contribution in [-0.2, 0) is 6.42 Å². The first-order valence-corrected chi connectivity index (χ1v) is 7.57. The molecule has 1 atom stereocenters. The van der Waals surface area contributed by atoms with E-state index in [9.17, 15) is 0 Å². The van der Waals surface area contributed by atoms with E-state index in [4.69, 9.17) is 0 Å². The van der Waals surface area contributed by atoms with Gasteiger partial charge in [0.25, 0.3) is 0 Å². The van der Waals surface area contributed by atoms with Gasteiger partial charge in [0, 0.05) is 24.9 Å². The van der Waals surface area contributed by atoms with E-state index in [2.05, 4.69) is 52.1 Å². The highest BCUT2D eigenvalue weighted by Crippen LogP contribution is 2.30. The predicted octanol–water partition coefficient (Wildman–Crippen LogP) is 3.46. The van der Waals surface area contributed by atoms with Crippen LogP contribution in [0.1, 0.15) is 30.0 Å². The number of hydrogen-bond acceptors (Lipinski definition) is 2. The summed E-state index contributed by atoms with van der Waals surface area (Å²) >= 11 is 0. The molecule has 21 heavy (non-hydrogen) atoms. The van der Waals surface area contributed by atoms with E-state index >= 15 is 0 Å². The normalized spacial score (nSPS) is 18.2. The first kappa shape index (κ1) is 13.9. The summed E-state index contributed by atoms with van der Waals surface area (Å²) in [4.78, 5) is 6.70. The monoisotopic (exact) mass is 276 g/mol. The molecule has 2 nitrogen and oxygen atoms in total. The maximum absolute atomic E-state index is 4.24. The third-order valence-corrected chi connectivity index (χ3v) is 3.98. The molecule has 0 bridgehead atoms. The molecule has 0 radical (unpaired) electrons. The zero-order chi connectivity index (χ0) is 14.3. The van der Waals surface area contributed by atoms with Gasteiger partial charge >= 0.3 is 0 Å². The van der Waals surface area contributed by atoms with Gasteiger partial charge in [0.15, 0.2) is 0 Å². The van der Waals surface area contributed by atoms with Crippen molar-refractivity contribution in [1.82, 2.24) is 9.88 Å². The highest BCUT2D eigenvalue weighted by atomic mass is 15.2. The smallest absolute Gasteiger partial charge is 0.0606 e. The number of aromatic nitrogens is 1. The average Bonchev–Trinajstić information content (AvgIpc) is 3.02. The van der Waals surface area contributed by atoms with Crippen molar-refractivity contribution in [3.05, 3.63) is 66.0 Å². The minimum Gasteiger partial charge on any atom is -0.285 e. The van der Waals surface area contributed by atoms with Crippen LogP contribution in [0.15, 0.2) is 54.9 Å². The van der Waals surface area contributed by atoms with Gasteiger partial charge in [-0.3, -0.25) is 9.88 Å². The molecule has 2 heteroatoms. The van der Waals surface area contributed by atoms with Crippen molar-refractivity contribution < 1.29 is 0 Å². The van der Waals surface area contributed by atoms with E-state index in [1.165, 1.54) is 24.0 Å². The summed E-state index contributed by atoms with van der Waals surface area (Å²) in [5.41, 5.74) is 2.61. The number of likely N-dealkylation sites (tertiary alicyclic amines) is 1. The lowest BCUT2D eigenvalue weighted by molar-refractivity contribution is 0.289.